The van der Waals surface area contributed by atoms with Gasteiger partial charge < -0.3 is 15.8 Å². The number of nitrogens with two attached hydrogens (primary N) is 1. The normalized spacial score (nSPS) is 15.1. The Morgan fingerprint density at radius 1 is 1.44 bits per heavy atom. The molecule has 18 heavy (non-hydrogen) atoms. The molecular formula is C13H22N4O. The Hall–Kier alpha value is -1.36. The van der Waals surface area contributed by atoms with Crippen LogP contribution in [0.2, 0.25) is 0 Å². The number of rotatable bonds is 7. The van der Waals surface area contributed by atoms with E-state index >= 15 is 0 Å². The Balaban J connectivity index is 1.78. The van der Waals surface area contributed by atoms with Gasteiger partial charge in [-0.05, 0) is 18.8 Å². The lowest BCUT2D eigenvalue weighted by Gasteiger charge is -2.09. The van der Waals surface area contributed by atoms with Gasteiger partial charge in [0.1, 0.15) is 17.5 Å². The number of hydrogen-bond acceptors (Lipinski definition) is 5. The van der Waals surface area contributed by atoms with Gasteiger partial charge in [-0.3, -0.25) is 0 Å². The molecule has 0 atom stereocenters. The molecule has 1 aliphatic rings. The van der Waals surface area contributed by atoms with E-state index in [0.29, 0.717) is 24.3 Å². The largest absolute Gasteiger partial charge is 0.384 e. The summed E-state index contributed by atoms with van der Waals surface area (Å²) >= 11 is 0. The van der Waals surface area contributed by atoms with Crippen LogP contribution >= 0.6 is 0 Å². The highest BCUT2D eigenvalue weighted by molar-refractivity contribution is 5.45. The average Bonchev–Trinajstić information content (AvgIpc) is 3.11. The molecule has 1 fully saturated rings. The van der Waals surface area contributed by atoms with Gasteiger partial charge >= 0.3 is 0 Å². The molecule has 5 heteroatoms. The minimum absolute atomic E-state index is 0.520. The first-order valence-electron chi connectivity index (χ1n) is 6.61. The molecule has 0 aliphatic heterocycles. The summed E-state index contributed by atoms with van der Waals surface area (Å²) < 4.78 is 5.50. The van der Waals surface area contributed by atoms with Crippen LogP contribution in [0.4, 0.5) is 11.6 Å². The number of nitrogens with zero attached hydrogens (tertiary/aromatic N) is 2. The monoisotopic (exact) mass is 250 g/mol. The quantitative estimate of drug-likeness (QED) is 0.724. The Bertz CT molecular complexity index is 391. The number of aromatic nitrogens is 2. The van der Waals surface area contributed by atoms with Gasteiger partial charge in [0.25, 0.3) is 0 Å². The molecule has 1 heterocycles. The van der Waals surface area contributed by atoms with E-state index in [2.05, 4.69) is 29.1 Å². The van der Waals surface area contributed by atoms with Crippen molar-refractivity contribution in [1.82, 2.24) is 9.97 Å². The van der Waals surface area contributed by atoms with Gasteiger partial charge in [0.15, 0.2) is 0 Å². The fraction of sp³-hybridized carbons (Fsp3) is 0.692. The van der Waals surface area contributed by atoms with Crippen LogP contribution in [0, 0.1) is 5.92 Å². The number of ether oxygens (including phenoxy) is 1. The van der Waals surface area contributed by atoms with Crippen molar-refractivity contribution in [3.8, 4) is 0 Å². The summed E-state index contributed by atoms with van der Waals surface area (Å²) in [5, 5.41) is 3.23. The first-order chi connectivity index (χ1) is 8.65. The van der Waals surface area contributed by atoms with E-state index in [4.69, 9.17) is 10.5 Å². The summed E-state index contributed by atoms with van der Waals surface area (Å²) in [4.78, 5) is 8.73. The van der Waals surface area contributed by atoms with Crippen LogP contribution in [0.1, 0.15) is 38.4 Å². The minimum atomic E-state index is 0.520. The van der Waals surface area contributed by atoms with Crippen LogP contribution in [0.25, 0.3) is 0 Å². The first kappa shape index (κ1) is 13.1. The standard InChI is InChI=1S/C13H22N4O/c1-9(2)8-18-6-5-15-12-7-11(14)16-13(17-12)10-3-4-10/h7,9-10H,3-6,8H2,1-2H3,(H3,14,15,16,17). The molecule has 0 unspecified atom stereocenters. The summed E-state index contributed by atoms with van der Waals surface area (Å²) in [6.45, 7) is 6.50. The molecule has 2 rings (SSSR count). The second-order valence-electron chi connectivity index (χ2n) is 5.21. The summed E-state index contributed by atoms with van der Waals surface area (Å²) in [6, 6.07) is 1.77. The third kappa shape index (κ3) is 4.14. The first-order valence-corrected chi connectivity index (χ1v) is 6.61. The maximum absolute atomic E-state index is 5.77. The molecule has 1 aliphatic carbocycles. The Morgan fingerprint density at radius 3 is 2.89 bits per heavy atom. The van der Waals surface area contributed by atoms with E-state index in [1.54, 1.807) is 6.07 Å². The molecule has 0 bridgehead atoms. The lowest BCUT2D eigenvalue weighted by atomic mass is 10.2. The Morgan fingerprint density at radius 2 is 2.22 bits per heavy atom. The third-order valence-corrected chi connectivity index (χ3v) is 2.71. The predicted molar refractivity (Wildman–Crippen MR) is 72.6 cm³/mol. The van der Waals surface area contributed by atoms with Crippen LogP contribution in [-0.2, 0) is 4.74 Å². The number of anilines is 2. The summed E-state index contributed by atoms with van der Waals surface area (Å²) in [6.07, 6.45) is 2.36. The van der Waals surface area contributed by atoms with Crippen LogP contribution in [0.15, 0.2) is 6.07 Å². The van der Waals surface area contributed by atoms with Gasteiger partial charge in [0.05, 0.1) is 6.61 Å². The highest BCUT2D eigenvalue weighted by atomic mass is 16.5. The van der Waals surface area contributed by atoms with Gasteiger partial charge in [0, 0.05) is 25.1 Å². The number of hydrogen-bond donors (Lipinski definition) is 2. The molecule has 1 saturated carbocycles. The Labute approximate surface area is 108 Å². The number of nitrogens with one attached hydrogen (secondary N) is 1. The molecule has 3 N–H and O–H groups in total. The highest BCUT2D eigenvalue weighted by Gasteiger charge is 2.27. The maximum atomic E-state index is 5.77. The zero-order chi connectivity index (χ0) is 13.0. The van der Waals surface area contributed by atoms with E-state index in [1.807, 2.05) is 0 Å². The van der Waals surface area contributed by atoms with Crippen molar-refractivity contribution in [2.24, 2.45) is 5.92 Å². The van der Waals surface area contributed by atoms with Gasteiger partial charge in [-0.25, -0.2) is 9.97 Å². The average molecular weight is 250 g/mol. The summed E-state index contributed by atoms with van der Waals surface area (Å²) in [7, 11) is 0. The fourth-order valence-corrected chi connectivity index (χ4v) is 1.67. The van der Waals surface area contributed by atoms with Gasteiger partial charge in [-0.1, -0.05) is 13.8 Å². The topological polar surface area (TPSA) is 73.1 Å². The molecule has 1 aromatic rings. The van der Waals surface area contributed by atoms with Crippen LogP contribution in [0.3, 0.4) is 0 Å². The van der Waals surface area contributed by atoms with Crippen molar-refractivity contribution < 1.29 is 4.74 Å². The van der Waals surface area contributed by atoms with Crippen LogP contribution in [-0.4, -0.2) is 29.7 Å². The van der Waals surface area contributed by atoms with E-state index in [0.717, 1.165) is 24.8 Å². The fourth-order valence-electron chi connectivity index (χ4n) is 1.67. The van der Waals surface area contributed by atoms with E-state index in [-0.39, 0.29) is 0 Å². The van der Waals surface area contributed by atoms with Gasteiger partial charge in [0.2, 0.25) is 0 Å². The van der Waals surface area contributed by atoms with Gasteiger partial charge in [-0.2, -0.15) is 0 Å². The zero-order valence-corrected chi connectivity index (χ0v) is 11.1. The van der Waals surface area contributed by atoms with Crippen molar-refractivity contribution in [3.63, 3.8) is 0 Å². The van der Waals surface area contributed by atoms with E-state index in [9.17, 15) is 0 Å². The third-order valence-electron chi connectivity index (χ3n) is 2.71. The van der Waals surface area contributed by atoms with Crippen molar-refractivity contribution >= 4 is 11.6 Å². The van der Waals surface area contributed by atoms with Crippen LogP contribution in [0.5, 0.6) is 0 Å². The molecule has 5 nitrogen and oxygen atoms in total. The molecular weight excluding hydrogens is 228 g/mol. The van der Waals surface area contributed by atoms with Gasteiger partial charge in [-0.15, -0.1) is 0 Å². The molecule has 0 saturated heterocycles. The SMILES string of the molecule is CC(C)COCCNc1cc(N)nc(C2CC2)n1. The zero-order valence-electron chi connectivity index (χ0n) is 11.1. The lowest BCUT2D eigenvalue weighted by Crippen LogP contribution is -2.13. The minimum Gasteiger partial charge on any atom is -0.384 e. The summed E-state index contributed by atoms with van der Waals surface area (Å²) in [5.74, 6) is 3.31. The Kier molecular flexibility index (Phi) is 4.36. The molecule has 0 radical (unpaired) electrons. The molecule has 0 amide bonds. The predicted octanol–water partition coefficient (Wildman–Crippen LogP) is 2.02. The van der Waals surface area contributed by atoms with Crippen molar-refractivity contribution in [3.05, 3.63) is 11.9 Å². The lowest BCUT2D eigenvalue weighted by molar-refractivity contribution is 0.118. The van der Waals surface area contributed by atoms with Crippen molar-refractivity contribution in [2.75, 3.05) is 30.8 Å². The summed E-state index contributed by atoms with van der Waals surface area (Å²) in [5.41, 5.74) is 5.77. The molecule has 1 aromatic heterocycles. The molecule has 0 spiro atoms. The van der Waals surface area contributed by atoms with Crippen LogP contribution < -0.4 is 11.1 Å². The van der Waals surface area contributed by atoms with Crippen molar-refractivity contribution in [1.29, 1.82) is 0 Å². The van der Waals surface area contributed by atoms with E-state index < -0.39 is 0 Å². The van der Waals surface area contributed by atoms with E-state index in [1.165, 1.54) is 12.8 Å². The number of nitrogen functional groups attached to an aromatic ring is 1. The smallest absolute Gasteiger partial charge is 0.136 e. The van der Waals surface area contributed by atoms with Crippen molar-refractivity contribution in [2.45, 2.75) is 32.6 Å². The second kappa shape index (κ2) is 6.00. The second-order valence-corrected chi connectivity index (χ2v) is 5.21. The maximum Gasteiger partial charge on any atom is 0.136 e. The highest BCUT2D eigenvalue weighted by Crippen LogP contribution is 2.38. The molecule has 0 aromatic carbocycles. The molecule has 100 valence electrons.